The van der Waals surface area contributed by atoms with E-state index in [1.54, 1.807) is 30.3 Å². The van der Waals surface area contributed by atoms with Crippen molar-refractivity contribution in [1.29, 1.82) is 0 Å². The monoisotopic (exact) mass is 460 g/mol. The number of thiophene rings is 1. The van der Waals surface area contributed by atoms with Crippen molar-refractivity contribution in [3.8, 4) is 5.75 Å². The Morgan fingerprint density at radius 3 is 2.38 bits per heavy atom. The third-order valence-corrected chi connectivity index (χ3v) is 6.11. The van der Waals surface area contributed by atoms with Gasteiger partial charge in [-0.3, -0.25) is 4.79 Å². The van der Waals surface area contributed by atoms with Crippen LogP contribution in [0.4, 0.5) is 0 Å². The van der Waals surface area contributed by atoms with Crippen LogP contribution in [0.15, 0.2) is 90.0 Å². The number of rotatable bonds is 6. The van der Waals surface area contributed by atoms with Gasteiger partial charge in [0.25, 0.3) is 5.91 Å². The normalized spacial score (nSPS) is 11.3. The van der Waals surface area contributed by atoms with E-state index in [9.17, 15) is 9.59 Å². The highest BCUT2D eigenvalue weighted by Gasteiger charge is 2.16. The number of ether oxygens (including phenoxy) is 1. The SMILES string of the molecule is O=C(/C=C/c1ccccc1)Oc1ccc(/C=N/NC(=O)c2sc3ccccc3c2Cl)cc1. The fraction of sp³-hybridized carbons (Fsp3) is 0. The lowest BCUT2D eigenvalue weighted by Crippen LogP contribution is -2.16. The van der Waals surface area contributed by atoms with Crippen molar-refractivity contribution in [2.45, 2.75) is 0 Å². The molecule has 0 atom stereocenters. The second-order valence-corrected chi connectivity index (χ2v) is 8.10. The van der Waals surface area contributed by atoms with Crippen LogP contribution >= 0.6 is 22.9 Å². The predicted molar refractivity (Wildman–Crippen MR) is 129 cm³/mol. The van der Waals surface area contributed by atoms with Crippen LogP contribution in [-0.2, 0) is 4.79 Å². The first-order chi connectivity index (χ1) is 15.6. The van der Waals surface area contributed by atoms with E-state index in [2.05, 4.69) is 10.5 Å². The Morgan fingerprint density at radius 2 is 1.62 bits per heavy atom. The van der Waals surface area contributed by atoms with Gasteiger partial charge in [-0.2, -0.15) is 5.10 Å². The van der Waals surface area contributed by atoms with Crippen molar-refractivity contribution in [1.82, 2.24) is 5.43 Å². The quantitative estimate of drug-likeness (QED) is 0.127. The Kier molecular flexibility index (Phi) is 6.75. The largest absolute Gasteiger partial charge is 0.423 e. The van der Waals surface area contributed by atoms with Crippen LogP contribution < -0.4 is 10.2 Å². The van der Waals surface area contributed by atoms with Crippen LogP contribution in [0.2, 0.25) is 5.02 Å². The van der Waals surface area contributed by atoms with Gasteiger partial charge in [0.1, 0.15) is 10.6 Å². The first kappa shape index (κ1) is 21.5. The lowest BCUT2D eigenvalue weighted by Gasteiger charge is -2.02. The van der Waals surface area contributed by atoms with Crippen LogP contribution in [-0.4, -0.2) is 18.1 Å². The van der Waals surface area contributed by atoms with Crippen LogP contribution in [0.5, 0.6) is 5.75 Å². The zero-order chi connectivity index (χ0) is 22.3. The molecule has 0 unspecified atom stereocenters. The highest BCUT2D eigenvalue weighted by Crippen LogP contribution is 2.34. The number of hydrogen-bond donors (Lipinski definition) is 1. The molecule has 0 saturated carbocycles. The second kappa shape index (κ2) is 10.0. The molecule has 4 rings (SSSR count). The topological polar surface area (TPSA) is 67.8 Å². The minimum atomic E-state index is -0.470. The number of nitrogens with one attached hydrogen (secondary N) is 1. The minimum Gasteiger partial charge on any atom is -0.423 e. The van der Waals surface area contributed by atoms with Gasteiger partial charge in [-0.15, -0.1) is 11.3 Å². The summed E-state index contributed by atoms with van der Waals surface area (Å²) in [4.78, 5) is 24.8. The molecular formula is C25H17ClN2O3S. The van der Waals surface area contributed by atoms with Crippen molar-refractivity contribution in [2.75, 3.05) is 0 Å². The summed E-state index contributed by atoms with van der Waals surface area (Å²) in [5.41, 5.74) is 4.13. The fourth-order valence-corrected chi connectivity index (χ4v) is 4.28. The molecular weight excluding hydrogens is 444 g/mol. The Morgan fingerprint density at radius 1 is 0.906 bits per heavy atom. The van der Waals surface area contributed by atoms with Crippen LogP contribution in [0.25, 0.3) is 16.2 Å². The molecule has 0 aliphatic heterocycles. The van der Waals surface area contributed by atoms with Gasteiger partial charge in [0.15, 0.2) is 0 Å². The number of hydrogen-bond acceptors (Lipinski definition) is 5. The third-order valence-electron chi connectivity index (χ3n) is 4.43. The highest BCUT2D eigenvalue weighted by molar-refractivity contribution is 7.21. The molecule has 0 spiro atoms. The van der Waals surface area contributed by atoms with Gasteiger partial charge in [0, 0.05) is 16.2 Å². The van der Waals surface area contributed by atoms with E-state index < -0.39 is 5.97 Å². The number of amides is 1. The summed E-state index contributed by atoms with van der Waals surface area (Å²) >= 11 is 7.63. The lowest BCUT2D eigenvalue weighted by molar-refractivity contribution is -0.128. The maximum atomic E-state index is 12.4. The smallest absolute Gasteiger partial charge is 0.336 e. The summed E-state index contributed by atoms with van der Waals surface area (Å²) in [6, 6.07) is 23.8. The Balaban J connectivity index is 1.33. The molecule has 1 heterocycles. The van der Waals surface area contributed by atoms with Gasteiger partial charge >= 0.3 is 5.97 Å². The van der Waals surface area contributed by atoms with Crippen molar-refractivity contribution < 1.29 is 14.3 Å². The molecule has 1 amide bonds. The standard InChI is InChI=1S/C25H17ClN2O3S/c26-23-20-8-4-5-9-21(20)32-24(23)25(30)28-27-16-18-10-13-19(14-11-18)31-22(29)15-12-17-6-2-1-3-7-17/h1-16H,(H,28,30)/b15-12+,27-16+. The summed E-state index contributed by atoms with van der Waals surface area (Å²) in [7, 11) is 0. The molecule has 0 aliphatic carbocycles. The number of fused-ring (bicyclic) bond motifs is 1. The average molecular weight is 461 g/mol. The molecule has 3 aromatic carbocycles. The molecule has 0 saturated heterocycles. The molecule has 158 valence electrons. The molecule has 7 heteroatoms. The number of benzene rings is 3. The molecule has 1 aromatic heterocycles. The highest BCUT2D eigenvalue weighted by atomic mass is 35.5. The number of hydrazone groups is 1. The van der Waals surface area contributed by atoms with E-state index in [1.807, 2.05) is 54.6 Å². The first-order valence-corrected chi connectivity index (χ1v) is 10.8. The third kappa shape index (κ3) is 5.29. The number of esters is 1. The molecule has 32 heavy (non-hydrogen) atoms. The van der Waals surface area contributed by atoms with Crippen molar-refractivity contribution in [3.63, 3.8) is 0 Å². The Labute approximate surface area is 193 Å². The van der Waals surface area contributed by atoms with Gasteiger partial charge in [0.05, 0.1) is 11.2 Å². The molecule has 0 aliphatic rings. The molecule has 1 N–H and O–H groups in total. The molecule has 4 aromatic rings. The summed E-state index contributed by atoms with van der Waals surface area (Å²) in [5, 5.41) is 5.25. The van der Waals surface area contributed by atoms with Crippen molar-refractivity contribution in [2.24, 2.45) is 5.10 Å². The molecule has 0 fully saturated rings. The van der Waals surface area contributed by atoms with Crippen LogP contribution in [0.3, 0.4) is 0 Å². The number of carbonyl (C=O) groups excluding carboxylic acids is 2. The molecule has 0 bridgehead atoms. The van der Waals surface area contributed by atoms with E-state index in [-0.39, 0.29) is 5.91 Å². The van der Waals surface area contributed by atoms with Gasteiger partial charge in [-0.1, -0.05) is 60.1 Å². The number of nitrogens with zero attached hydrogens (tertiary/aromatic N) is 1. The van der Waals surface area contributed by atoms with E-state index in [0.717, 1.165) is 21.2 Å². The lowest BCUT2D eigenvalue weighted by atomic mass is 10.2. The van der Waals surface area contributed by atoms with Gasteiger partial charge < -0.3 is 4.74 Å². The first-order valence-electron chi connectivity index (χ1n) is 9.65. The molecule has 0 radical (unpaired) electrons. The summed E-state index contributed by atoms with van der Waals surface area (Å²) in [5.74, 6) is -0.433. The average Bonchev–Trinajstić information content (AvgIpc) is 3.16. The van der Waals surface area contributed by atoms with E-state index in [4.69, 9.17) is 16.3 Å². The summed E-state index contributed by atoms with van der Waals surface area (Å²) in [6.45, 7) is 0. The summed E-state index contributed by atoms with van der Waals surface area (Å²) < 4.78 is 6.22. The zero-order valence-electron chi connectivity index (χ0n) is 16.7. The predicted octanol–water partition coefficient (Wildman–Crippen LogP) is 5.94. The van der Waals surface area contributed by atoms with Crippen molar-refractivity contribution >= 4 is 57.2 Å². The van der Waals surface area contributed by atoms with E-state index in [0.29, 0.717) is 15.6 Å². The Bertz CT molecular complexity index is 1310. The molecule has 5 nitrogen and oxygen atoms in total. The van der Waals surface area contributed by atoms with E-state index >= 15 is 0 Å². The number of halogens is 1. The van der Waals surface area contributed by atoms with Crippen molar-refractivity contribution in [3.05, 3.63) is 106 Å². The zero-order valence-corrected chi connectivity index (χ0v) is 18.3. The number of carbonyl (C=O) groups is 2. The maximum absolute atomic E-state index is 12.4. The van der Waals surface area contributed by atoms with Crippen LogP contribution in [0.1, 0.15) is 20.8 Å². The van der Waals surface area contributed by atoms with Gasteiger partial charge in [-0.25, -0.2) is 10.2 Å². The second-order valence-electron chi connectivity index (χ2n) is 6.67. The van der Waals surface area contributed by atoms with Crippen LogP contribution in [0, 0.1) is 0 Å². The van der Waals surface area contributed by atoms with Gasteiger partial charge in [-0.05, 0) is 47.5 Å². The fourth-order valence-electron chi connectivity index (χ4n) is 2.88. The summed E-state index contributed by atoms with van der Waals surface area (Å²) in [6.07, 6.45) is 4.56. The van der Waals surface area contributed by atoms with E-state index in [1.165, 1.54) is 23.6 Å². The minimum absolute atomic E-state index is 0.372. The Hall–Kier alpha value is -3.74. The maximum Gasteiger partial charge on any atom is 0.336 e. The van der Waals surface area contributed by atoms with Gasteiger partial charge in [0.2, 0.25) is 0 Å².